The molecular formula is C9H12NOS. The molecular weight excluding hydrogens is 170 g/mol. The SMILES string of the molecule is CC(C)S(=N)(=O)c1cc[c]cc1. The summed E-state index contributed by atoms with van der Waals surface area (Å²) in [5.41, 5.74) is 0. The van der Waals surface area contributed by atoms with Gasteiger partial charge in [0.05, 0.1) is 9.73 Å². The summed E-state index contributed by atoms with van der Waals surface area (Å²) >= 11 is 0. The molecule has 0 fully saturated rings. The molecule has 1 radical (unpaired) electrons. The van der Waals surface area contributed by atoms with Crippen molar-refractivity contribution in [2.45, 2.75) is 24.0 Å². The monoisotopic (exact) mass is 182 g/mol. The minimum atomic E-state index is -2.60. The van der Waals surface area contributed by atoms with Gasteiger partial charge in [0.1, 0.15) is 0 Å². The molecule has 0 aliphatic carbocycles. The zero-order valence-electron chi connectivity index (χ0n) is 7.20. The van der Waals surface area contributed by atoms with Crippen molar-refractivity contribution in [3.8, 4) is 0 Å². The summed E-state index contributed by atoms with van der Waals surface area (Å²) in [6.45, 7) is 3.60. The van der Waals surface area contributed by atoms with Gasteiger partial charge in [-0.05, 0) is 32.0 Å². The van der Waals surface area contributed by atoms with Crippen LogP contribution < -0.4 is 0 Å². The maximum atomic E-state index is 11.7. The van der Waals surface area contributed by atoms with Crippen LogP contribution in [0.2, 0.25) is 0 Å². The molecule has 1 rings (SSSR count). The number of rotatable bonds is 2. The Morgan fingerprint density at radius 2 is 1.92 bits per heavy atom. The molecule has 0 amide bonds. The quantitative estimate of drug-likeness (QED) is 0.749. The van der Waals surface area contributed by atoms with Crippen LogP contribution in [0, 0.1) is 10.8 Å². The van der Waals surface area contributed by atoms with Crippen LogP contribution in [0.5, 0.6) is 0 Å². The maximum Gasteiger partial charge on any atom is 0.0749 e. The van der Waals surface area contributed by atoms with E-state index in [1.54, 1.807) is 38.1 Å². The minimum absolute atomic E-state index is 0.139. The van der Waals surface area contributed by atoms with E-state index in [0.29, 0.717) is 4.90 Å². The van der Waals surface area contributed by atoms with Crippen molar-refractivity contribution >= 4 is 9.73 Å². The van der Waals surface area contributed by atoms with Crippen molar-refractivity contribution in [2.75, 3.05) is 0 Å². The molecule has 12 heavy (non-hydrogen) atoms. The second-order valence-electron chi connectivity index (χ2n) is 2.89. The average Bonchev–Trinajstić information content (AvgIpc) is 2.06. The Labute approximate surface area is 73.6 Å². The Morgan fingerprint density at radius 1 is 1.42 bits per heavy atom. The first kappa shape index (κ1) is 9.26. The topological polar surface area (TPSA) is 40.9 Å². The number of benzene rings is 1. The van der Waals surface area contributed by atoms with Crippen LogP contribution in [0.1, 0.15) is 13.8 Å². The van der Waals surface area contributed by atoms with Crippen LogP contribution in [0.3, 0.4) is 0 Å². The number of hydrogen-bond acceptors (Lipinski definition) is 2. The lowest BCUT2D eigenvalue weighted by Gasteiger charge is -2.10. The van der Waals surface area contributed by atoms with Gasteiger partial charge in [-0.25, -0.2) is 8.99 Å². The molecule has 2 nitrogen and oxygen atoms in total. The lowest BCUT2D eigenvalue weighted by molar-refractivity contribution is 0.667. The van der Waals surface area contributed by atoms with Gasteiger partial charge in [-0.2, -0.15) is 0 Å². The first-order valence-electron chi connectivity index (χ1n) is 3.79. The van der Waals surface area contributed by atoms with Gasteiger partial charge in [0.2, 0.25) is 0 Å². The molecule has 0 aliphatic rings. The third-order valence-corrected chi connectivity index (χ3v) is 4.00. The summed E-state index contributed by atoms with van der Waals surface area (Å²) in [5.74, 6) is 0. The highest BCUT2D eigenvalue weighted by atomic mass is 32.2. The molecule has 0 heterocycles. The summed E-state index contributed by atoms with van der Waals surface area (Å²) in [7, 11) is -2.60. The van der Waals surface area contributed by atoms with E-state index in [1.165, 1.54) is 0 Å². The fourth-order valence-corrected chi connectivity index (χ4v) is 1.93. The van der Waals surface area contributed by atoms with Crippen LogP contribution >= 0.6 is 0 Å². The van der Waals surface area contributed by atoms with E-state index in [-0.39, 0.29) is 5.25 Å². The highest BCUT2D eigenvalue weighted by Crippen LogP contribution is 2.15. The molecule has 0 aliphatic heterocycles. The lowest BCUT2D eigenvalue weighted by Crippen LogP contribution is -2.11. The molecule has 65 valence electrons. The van der Waals surface area contributed by atoms with Gasteiger partial charge in [-0.1, -0.05) is 12.1 Å². The Hall–Kier alpha value is -0.830. The molecule has 1 aromatic carbocycles. The van der Waals surface area contributed by atoms with Gasteiger partial charge in [-0.15, -0.1) is 0 Å². The first-order valence-corrected chi connectivity index (χ1v) is 5.41. The van der Waals surface area contributed by atoms with Crippen LogP contribution in [0.15, 0.2) is 29.2 Å². The van der Waals surface area contributed by atoms with Gasteiger partial charge < -0.3 is 0 Å². The van der Waals surface area contributed by atoms with E-state index in [4.69, 9.17) is 4.78 Å². The van der Waals surface area contributed by atoms with E-state index in [0.717, 1.165) is 0 Å². The van der Waals surface area contributed by atoms with Crippen LogP contribution in [0.25, 0.3) is 0 Å². The van der Waals surface area contributed by atoms with E-state index >= 15 is 0 Å². The van der Waals surface area contributed by atoms with Crippen molar-refractivity contribution in [3.05, 3.63) is 30.3 Å². The summed E-state index contributed by atoms with van der Waals surface area (Å²) in [5, 5.41) is -0.139. The summed E-state index contributed by atoms with van der Waals surface area (Å²) in [4.78, 5) is 0.594. The largest absolute Gasteiger partial charge is 0.249 e. The van der Waals surface area contributed by atoms with Gasteiger partial charge in [0, 0.05) is 10.1 Å². The summed E-state index contributed by atoms with van der Waals surface area (Å²) in [6, 6.07) is 9.59. The Balaban J connectivity index is 3.17. The molecule has 0 bridgehead atoms. The van der Waals surface area contributed by atoms with Gasteiger partial charge in [-0.3, -0.25) is 0 Å². The smallest absolute Gasteiger partial charge is 0.0749 e. The van der Waals surface area contributed by atoms with E-state index < -0.39 is 9.73 Å². The normalized spacial score (nSPS) is 15.9. The average molecular weight is 182 g/mol. The summed E-state index contributed by atoms with van der Waals surface area (Å²) in [6.07, 6.45) is 0. The second kappa shape index (κ2) is 3.27. The third-order valence-electron chi connectivity index (χ3n) is 1.70. The number of nitrogens with one attached hydrogen (secondary N) is 1. The van der Waals surface area contributed by atoms with Crippen LogP contribution in [0.4, 0.5) is 0 Å². The predicted octanol–water partition coefficient (Wildman–Crippen LogP) is 2.30. The molecule has 3 heteroatoms. The Morgan fingerprint density at radius 3 is 2.33 bits per heavy atom. The van der Waals surface area contributed by atoms with Crippen molar-refractivity contribution in [3.63, 3.8) is 0 Å². The highest BCUT2D eigenvalue weighted by molar-refractivity contribution is 7.93. The van der Waals surface area contributed by atoms with Crippen molar-refractivity contribution in [1.29, 1.82) is 4.78 Å². The molecule has 1 aromatic rings. The standard InChI is InChI=1S/C9H12NOS/c1-8(2)12(10,11)9-6-4-3-5-7-9/h4-8,10H,1-2H3. The lowest BCUT2D eigenvalue weighted by atomic mass is 10.4. The zero-order valence-corrected chi connectivity index (χ0v) is 8.02. The fourth-order valence-electron chi connectivity index (χ4n) is 0.846. The third kappa shape index (κ3) is 1.67. The van der Waals surface area contributed by atoms with E-state index in [2.05, 4.69) is 6.07 Å². The molecule has 1 atom stereocenters. The van der Waals surface area contributed by atoms with E-state index in [9.17, 15) is 4.21 Å². The molecule has 0 spiro atoms. The van der Waals surface area contributed by atoms with Crippen LogP contribution in [-0.2, 0) is 9.73 Å². The minimum Gasteiger partial charge on any atom is -0.249 e. The molecule has 1 unspecified atom stereocenters. The van der Waals surface area contributed by atoms with Gasteiger partial charge >= 0.3 is 0 Å². The first-order chi connectivity index (χ1) is 5.55. The van der Waals surface area contributed by atoms with Crippen molar-refractivity contribution in [2.24, 2.45) is 0 Å². The highest BCUT2D eigenvalue weighted by Gasteiger charge is 2.13. The maximum absolute atomic E-state index is 11.7. The zero-order chi connectivity index (χ0) is 9.19. The Kier molecular flexibility index (Phi) is 2.52. The molecule has 0 aromatic heterocycles. The van der Waals surface area contributed by atoms with Gasteiger partial charge in [0.25, 0.3) is 0 Å². The summed E-state index contributed by atoms with van der Waals surface area (Å²) < 4.78 is 19.4. The fraction of sp³-hybridized carbons (Fsp3) is 0.333. The van der Waals surface area contributed by atoms with E-state index in [1.807, 2.05) is 0 Å². The Bertz CT molecular complexity index is 340. The van der Waals surface area contributed by atoms with Gasteiger partial charge in [0.15, 0.2) is 0 Å². The number of hydrogen-bond donors (Lipinski definition) is 1. The second-order valence-corrected chi connectivity index (χ2v) is 5.50. The molecule has 1 N–H and O–H groups in total. The molecule has 0 saturated heterocycles. The molecule has 0 saturated carbocycles. The van der Waals surface area contributed by atoms with Crippen molar-refractivity contribution < 1.29 is 4.21 Å². The predicted molar refractivity (Wildman–Crippen MR) is 49.5 cm³/mol. The van der Waals surface area contributed by atoms with Crippen LogP contribution in [-0.4, -0.2) is 9.46 Å². The van der Waals surface area contributed by atoms with Crippen molar-refractivity contribution in [1.82, 2.24) is 0 Å².